The fourth-order valence-electron chi connectivity index (χ4n) is 2.06. The van der Waals surface area contributed by atoms with Crippen LogP contribution in [0.1, 0.15) is 51.8 Å². The molecule has 0 fully saturated rings. The van der Waals surface area contributed by atoms with Crippen molar-refractivity contribution in [2.75, 3.05) is 11.5 Å². The van der Waals surface area contributed by atoms with E-state index in [1.165, 1.54) is 12.2 Å². The second-order valence-electron chi connectivity index (χ2n) is 4.80. The molecule has 0 aliphatic heterocycles. The van der Waals surface area contributed by atoms with Gasteiger partial charge in [-0.05, 0) is 31.1 Å². The van der Waals surface area contributed by atoms with Crippen LogP contribution >= 0.6 is 11.8 Å². The van der Waals surface area contributed by atoms with Gasteiger partial charge in [0.05, 0.1) is 11.7 Å². The van der Waals surface area contributed by atoms with Gasteiger partial charge in [0.1, 0.15) is 0 Å². The van der Waals surface area contributed by atoms with Crippen LogP contribution in [-0.4, -0.2) is 27.3 Å². The topological polar surface area (TPSA) is 43.8 Å². The summed E-state index contributed by atoms with van der Waals surface area (Å²) < 4.78 is 2.10. The molecular formula is C14H27N3S. The number of nitrogens with two attached hydrogens (primary N) is 1. The van der Waals surface area contributed by atoms with Crippen LogP contribution in [-0.2, 0) is 6.42 Å². The first-order chi connectivity index (χ1) is 8.71. The maximum atomic E-state index is 6.13. The Morgan fingerprint density at radius 2 is 2.06 bits per heavy atom. The molecule has 0 aliphatic rings. The van der Waals surface area contributed by atoms with Crippen molar-refractivity contribution in [3.8, 4) is 0 Å². The maximum absolute atomic E-state index is 6.13. The third kappa shape index (κ3) is 5.02. The zero-order chi connectivity index (χ0) is 13.4. The number of hydrogen-bond donors (Lipinski definition) is 1. The van der Waals surface area contributed by atoms with Crippen LogP contribution in [0.4, 0.5) is 0 Å². The van der Waals surface area contributed by atoms with Crippen molar-refractivity contribution in [3.63, 3.8) is 0 Å². The molecule has 0 radical (unpaired) electrons. The van der Waals surface area contributed by atoms with Gasteiger partial charge in [-0.25, -0.2) is 0 Å². The van der Waals surface area contributed by atoms with Crippen LogP contribution in [0.25, 0.3) is 0 Å². The standard InChI is InChI=1S/C14H27N3S/c1-4-9-18-11-12(15)10-13-7-8-17(16-13)14(5-2)6-3/h7-8,12,14H,4-6,9-11,15H2,1-3H3. The number of hydrogen-bond acceptors (Lipinski definition) is 3. The predicted octanol–water partition coefficient (Wildman–Crippen LogP) is 3.26. The van der Waals surface area contributed by atoms with Gasteiger partial charge in [-0.2, -0.15) is 16.9 Å². The molecule has 18 heavy (non-hydrogen) atoms. The van der Waals surface area contributed by atoms with Crippen LogP contribution in [0.2, 0.25) is 0 Å². The summed E-state index contributed by atoms with van der Waals surface area (Å²) >= 11 is 1.94. The monoisotopic (exact) mass is 269 g/mol. The lowest BCUT2D eigenvalue weighted by molar-refractivity contribution is 0.424. The summed E-state index contributed by atoms with van der Waals surface area (Å²) in [6.45, 7) is 6.63. The number of thioether (sulfide) groups is 1. The summed E-state index contributed by atoms with van der Waals surface area (Å²) in [6.07, 6.45) is 6.48. The molecule has 1 atom stereocenters. The highest BCUT2D eigenvalue weighted by Crippen LogP contribution is 2.15. The van der Waals surface area contributed by atoms with Gasteiger partial charge in [-0.3, -0.25) is 4.68 Å². The van der Waals surface area contributed by atoms with Gasteiger partial charge in [0, 0.05) is 24.4 Å². The van der Waals surface area contributed by atoms with E-state index in [-0.39, 0.29) is 6.04 Å². The van der Waals surface area contributed by atoms with Gasteiger partial charge >= 0.3 is 0 Å². The van der Waals surface area contributed by atoms with Crippen molar-refractivity contribution >= 4 is 11.8 Å². The molecule has 0 aromatic carbocycles. The smallest absolute Gasteiger partial charge is 0.0640 e. The first kappa shape index (κ1) is 15.6. The third-order valence-corrected chi connectivity index (χ3v) is 4.49. The second kappa shape index (κ2) is 8.59. The molecule has 0 bridgehead atoms. The molecule has 1 aromatic heterocycles. The normalized spacial score (nSPS) is 13.2. The van der Waals surface area contributed by atoms with Crippen LogP contribution in [0.5, 0.6) is 0 Å². The zero-order valence-electron chi connectivity index (χ0n) is 11.9. The van der Waals surface area contributed by atoms with Gasteiger partial charge in [0.25, 0.3) is 0 Å². The van der Waals surface area contributed by atoms with Crippen LogP contribution in [0.3, 0.4) is 0 Å². The third-order valence-electron chi connectivity index (χ3n) is 3.13. The van der Waals surface area contributed by atoms with E-state index in [0.717, 1.165) is 30.7 Å². The van der Waals surface area contributed by atoms with E-state index in [0.29, 0.717) is 6.04 Å². The molecule has 0 spiro atoms. The summed E-state index contributed by atoms with van der Waals surface area (Å²) in [5.41, 5.74) is 7.26. The summed E-state index contributed by atoms with van der Waals surface area (Å²) in [6, 6.07) is 2.87. The molecule has 0 saturated carbocycles. The number of aromatic nitrogens is 2. The van der Waals surface area contributed by atoms with Gasteiger partial charge in [0.15, 0.2) is 0 Å². The molecule has 1 unspecified atom stereocenters. The predicted molar refractivity (Wildman–Crippen MR) is 81.1 cm³/mol. The molecule has 104 valence electrons. The summed E-state index contributed by atoms with van der Waals surface area (Å²) in [5, 5.41) is 4.65. The second-order valence-corrected chi connectivity index (χ2v) is 5.95. The number of nitrogens with zero attached hydrogens (tertiary/aromatic N) is 2. The van der Waals surface area contributed by atoms with E-state index in [2.05, 4.69) is 42.8 Å². The van der Waals surface area contributed by atoms with Crippen molar-refractivity contribution in [2.24, 2.45) is 5.73 Å². The molecule has 3 nitrogen and oxygen atoms in total. The van der Waals surface area contributed by atoms with Gasteiger partial charge in [0.2, 0.25) is 0 Å². The first-order valence-corrected chi connectivity index (χ1v) is 8.24. The molecule has 4 heteroatoms. The van der Waals surface area contributed by atoms with Crippen molar-refractivity contribution in [1.82, 2.24) is 9.78 Å². The average molecular weight is 269 g/mol. The van der Waals surface area contributed by atoms with E-state index < -0.39 is 0 Å². The fraction of sp³-hybridized carbons (Fsp3) is 0.786. The highest BCUT2D eigenvalue weighted by atomic mass is 32.2. The van der Waals surface area contributed by atoms with Gasteiger partial charge in [-0.1, -0.05) is 20.8 Å². The minimum absolute atomic E-state index is 0.228. The fourth-order valence-corrected chi connectivity index (χ4v) is 2.93. The SMILES string of the molecule is CCCSCC(N)Cc1ccn(C(CC)CC)n1. The molecule has 1 aromatic rings. The first-order valence-electron chi connectivity index (χ1n) is 7.08. The van der Waals surface area contributed by atoms with Crippen molar-refractivity contribution < 1.29 is 0 Å². The Labute approximate surface area is 116 Å². The molecule has 0 aliphatic carbocycles. The zero-order valence-corrected chi connectivity index (χ0v) is 12.7. The van der Waals surface area contributed by atoms with Crippen LogP contribution in [0, 0.1) is 0 Å². The lowest BCUT2D eigenvalue weighted by Crippen LogP contribution is -2.26. The lowest BCUT2D eigenvalue weighted by atomic mass is 10.2. The van der Waals surface area contributed by atoms with Crippen molar-refractivity contribution in [1.29, 1.82) is 0 Å². The van der Waals surface area contributed by atoms with Gasteiger partial charge in [-0.15, -0.1) is 0 Å². The van der Waals surface area contributed by atoms with Gasteiger partial charge < -0.3 is 5.73 Å². The lowest BCUT2D eigenvalue weighted by Gasteiger charge is -2.13. The highest BCUT2D eigenvalue weighted by molar-refractivity contribution is 7.99. The molecule has 1 rings (SSSR count). The molecule has 1 heterocycles. The Hall–Kier alpha value is -0.480. The molecule has 2 N–H and O–H groups in total. The van der Waals surface area contributed by atoms with Crippen LogP contribution in [0.15, 0.2) is 12.3 Å². The van der Waals surface area contributed by atoms with E-state index in [9.17, 15) is 0 Å². The Kier molecular flexibility index (Phi) is 7.44. The maximum Gasteiger partial charge on any atom is 0.0640 e. The largest absolute Gasteiger partial charge is 0.327 e. The van der Waals surface area contributed by atoms with E-state index >= 15 is 0 Å². The average Bonchev–Trinajstić information content (AvgIpc) is 2.79. The Morgan fingerprint density at radius 1 is 1.33 bits per heavy atom. The minimum Gasteiger partial charge on any atom is -0.327 e. The van der Waals surface area contributed by atoms with Crippen molar-refractivity contribution in [2.45, 2.75) is 58.5 Å². The Bertz CT molecular complexity index is 321. The number of rotatable bonds is 9. The van der Waals surface area contributed by atoms with E-state index in [1.807, 2.05) is 11.8 Å². The Balaban J connectivity index is 2.43. The summed E-state index contributed by atoms with van der Waals surface area (Å²) in [4.78, 5) is 0. The minimum atomic E-state index is 0.228. The Morgan fingerprint density at radius 3 is 2.67 bits per heavy atom. The summed E-state index contributed by atoms with van der Waals surface area (Å²) in [7, 11) is 0. The summed E-state index contributed by atoms with van der Waals surface area (Å²) in [5.74, 6) is 2.24. The van der Waals surface area contributed by atoms with E-state index in [1.54, 1.807) is 0 Å². The highest BCUT2D eigenvalue weighted by Gasteiger charge is 2.10. The van der Waals surface area contributed by atoms with Crippen molar-refractivity contribution in [3.05, 3.63) is 18.0 Å². The van der Waals surface area contributed by atoms with Crippen LogP contribution < -0.4 is 5.73 Å². The molecule has 0 saturated heterocycles. The van der Waals surface area contributed by atoms with E-state index in [4.69, 9.17) is 5.73 Å². The molecule has 0 amide bonds. The quantitative estimate of drug-likeness (QED) is 0.700. The molecular weight excluding hydrogens is 242 g/mol.